The molecule has 10 aromatic carbocycles. The fraction of sp³-hybridized carbons (Fsp3) is 0.0635. The normalized spacial score (nSPS) is 12.3. The molecule has 11 aromatic rings. The molecule has 11 rings (SSSR count). The lowest BCUT2D eigenvalue weighted by Gasteiger charge is -2.23. The molecule has 1 heterocycles. The van der Waals surface area contributed by atoms with Crippen LogP contribution in [0.5, 0.6) is 0 Å². The van der Waals surface area contributed by atoms with Gasteiger partial charge in [-0.05, 0) is 126 Å². The van der Waals surface area contributed by atoms with Crippen molar-refractivity contribution in [1.82, 2.24) is 5.32 Å². The van der Waals surface area contributed by atoms with Crippen LogP contribution in [0.25, 0.3) is 91.8 Å². The summed E-state index contributed by atoms with van der Waals surface area (Å²) in [6.07, 6.45) is 2.26. The molecule has 2 unspecified atom stereocenters. The molecule has 0 aliphatic heterocycles. The van der Waals surface area contributed by atoms with Crippen molar-refractivity contribution in [2.45, 2.75) is 25.9 Å². The zero-order valence-electron chi connectivity index (χ0n) is 36.5. The lowest BCUT2D eigenvalue weighted by atomic mass is 9.92. The molecule has 2 atom stereocenters. The maximum absolute atomic E-state index is 4.10. The second kappa shape index (κ2) is 17.5. The second-order valence-corrected chi connectivity index (χ2v) is 18.1. The molecule has 1 N–H and O–H groups in total. The molecule has 0 spiro atoms. The van der Waals surface area contributed by atoms with Gasteiger partial charge in [-0.15, -0.1) is 17.1 Å². The molecular weight excluding hydrogens is 803 g/mol. The Morgan fingerprint density at radius 1 is 0.477 bits per heavy atom. The van der Waals surface area contributed by atoms with Gasteiger partial charge < -0.3 is 0 Å². The highest BCUT2D eigenvalue weighted by Gasteiger charge is 2.21. The Labute approximate surface area is 385 Å². The quantitative estimate of drug-likeness (QED) is 0.135. The standard InChI is InChI=1S/C63H47NS/c1-42(49-23-13-25-51(39-49)44-17-5-3-6-18-44)33-38-60(64-43(2)50-24-14-26-52(40-50)45-19-7-4-8-20-45)59-41-61-62(57-29-12-11-28-56(57)59)58-32-16-31-55(63(58)65-61)48-36-34-47(35-37-48)54-30-15-22-46-21-9-10-27-53(46)54/h3-32,34-41,43,60,64H,1-2H3. The number of fused-ring (bicyclic) bond motifs is 6. The summed E-state index contributed by atoms with van der Waals surface area (Å²) in [5.74, 6) is 0. The van der Waals surface area contributed by atoms with E-state index in [9.17, 15) is 0 Å². The van der Waals surface area contributed by atoms with Crippen molar-refractivity contribution in [2.75, 3.05) is 0 Å². The van der Waals surface area contributed by atoms with Crippen LogP contribution in [-0.2, 0) is 0 Å². The molecule has 0 saturated heterocycles. The Hall–Kier alpha value is -7.58. The Bertz CT molecular complexity index is 3570. The number of thiophene rings is 1. The monoisotopic (exact) mass is 849 g/mol. The molecule has 0 aliphatic carbocycles. The van der Waals surface area contributed by atoms with Crippen molar-refractivity contribution in [3.63, 3.8) is 0 Å². The van der Waals surface area contributed by atoms with Crippen LogP contribution in [0, 0.1) is 0 Å². The Kier molecular flexibility index (Phi) is 10.8. The first-order valence-corrected chi connectivity index (χ1v) is 23.3. The molecule has 0 amide bonds. The first-order chi connectivity index (χ1) is 32.1. The highest BCUT2D eigenvalue weighted by atomic mass is 32.1. The van der Waals surface area contributed by atoms with Crippen molar-refractivity contribution < 1.29 is 0 Å². The van der Waals surface area contributed by atoms with Gasteiger partial charge in [-0.2, -0.15) is 0 Å². The van der Waals surface area contributed by atoms with E-state index in [1.807, 2.05) is 11.3 Å². The minimum atomic E-state index is -0.141. The number of hydrogen-bond donors (Lipinski definition) is 1. The smallest absolute Gasteiger partial charge is 0.0592 e. The van der Waals surface area contributed by atoms with Crippen molar-refractivity contribution in [3.05, 3.63) is 253 Å². The maximum atomic E-state index is 4.10. The predicted octanol–water partition coefficient (Wildman–Crippen LogP) is 17.7. The van der Waals surface area contributed by atoms with Crippen LogP contribution in [0.4, 0.5) is 0 Å². The Morgan fingerprint density at radius 2 is 1.03 bits per heavy atom. The van der Waals surface area contributed by atoms with Crippen LogP contribution in [0.2, 0.25) is 0 Å². The second-order valence-electron chi connectivity index (χ2n) is 17.0. The molecule has 2 heteroatoms. The van der Waals surface area contributed by atoms with Gasteiger partial charge in [0.15, 0.2) is 0 Å². The average molecular weight is 850 g/mol. The zero-order chi connectivity index (χ0) is 43.7. The highest BCUT2D eigenvalue weighted by Crippen LogP contribution is 2.45. The molecule has 0 saturated carbocycles. The van der Waals surface area contributed by atoms with E-state index >= 15 is 0 Å². The van der Waals surface area contributed by atoms with E-state index < -0.39 is 0 Å². The van der Waals surface area contributed by atoms with Crippen molar-refractivity contribution in [1.29, 1.82) is 0 Å². The SMILES string of the molecule is CC(=C=CC(NC(C)c1cccc(-c2ccccc2)c1)c1cc2sc3c(-c4ccc(-c5cccc6ccccc56)cc4)cccc3c2c2ccccc12)c1cccc(-c2ccccc2)c1. The summed E-state index contributed by atoms with van der Waals surface area (Å²) in [7, 11) is 0. The number of hydrogen-bond acceptors (Lipinski definition) is 2. The first-order valence-electron chi connectivity index (χ1n) is 22.5. The topological polar surface area (TPSA) is 12.0 Å². The maximum Gasteiger partial charge on any atom is 0.0592 e. The van der Waals surface area contributed by atoms with Crippen LogP contribution in [0.1, 0.15) is 42.6 Å². The largest absolute Gasteiger partial charge is 0.300 e. The fourth-order valence-corrected chi connectivity index (χ4v) is 10.8. The van der Waals surface area contributed by atoms with E-state index in [-0.39, 0.29) is 12.1 Å². The summed E-state index contributed by atoms with van der Waals surface area (Å²) >= 11 is 1.90. The van der Waals surface area contributed by atoms with Gasteiger partial charge in [0.05, 0.1) is 6.04 Å². The minimum absolute atomic E-state index is 0.0451. The van der Waals surface area contributed by atoms with Crippen LogP contribution in [0.3, 0.4) is 0 Å². The van der Waals surface area contributed by atoms with Gasteiger partial charge in [0.2, 0.25) is 0 Å². The third-order valence-electron chi connectivity index (χ3n) is 13.0. The third-order valence-corrected chi connectivity index (χ3v) is 14.1. The zero-order valence-corrected chi connectivity index (χ0v) is 37.3. The molecule has 0 fully saturated rings. The molecule has 0 bridgehead atoms. The van der Waals surface area contributed by atoms with Crippen LogP contribution in [0.15, 0.2) is 236 Å². The molecule has 310 valence electrons. The van der Waals surface area contributed by atoms with Gasteiger partial charge in [0.25, 0.3) is 0 Å². The van der Waals surface area contributed by atoms with E-state index in [0.29, 0.717) is 0 Å². The fourth-order valence-electron chi connectivity index (χ4n) is 9.55. The van der Waals surface area contributed by atoms with Gasteiger partial charge in [0.1, 0.15) is 0 Å². The van der Waals surface area contributed by atoms with E-state index in [0.717, 1.165) is 11.1 Å². The summed E-state index contributed by atoms with van der Waals surface area (Å²) in [6, 6.07) is 81.5. The molecule has 65 heavy (non-hydrogen) atoms. The summed E-state index contributed by atoms with van der Waals surface area (Å²) in [4.78, 5) is 0. The van der Waals surface area contributed by atoms with Crippen molar-refractivity contribution in [2.24, 2.45) is 0 Å². The van der Waals surface area contributed by atoms with Gasteiger partial charge in [-0.25, -0.2) is 0 Å². The summed E-state index contributed by atoms with van der Waals surface area (Å²) in [6.45, 7) is 4.46. The number of nitrogens with one attached hydrogen (secondary N) is 1. The minimum Gasteiger partial charge on any atom is -0.300 e. The molecule has 0 aliphatic rings. The van der Waals surface area contributed by atoms with E-state index in [1.54, 1.807) is 0 Å². The van der Waals surface area contributed by atoms with Crippen LogP contribution in [-0.4, -0.2) is 0 Å². The van der Waals surface area contributed by atoms with Gasteiger partial charge in [0, 0.05) is 26.2 Å². The van der Waals surface area contributed by atoms with E-state index in [2.05, 4.69) is 255 Å². The lowest BCUT2D eigenvalue weighted by Crippen LogP contribution is -2.23. The summed E-state index contributed by atoms with van der Waals surface area (Å²) in [5.41, 5.74) is 18.4. The Balaban J connectivity index is 1.03. The van der Waals surface area contributed by atoms with Gasteiger partial charge in [-0.3, -0.25) is 5.32 Å². The highest BCUT2D eigenvalue weighted by molar-refractivity contribution is 7.26. The molecular formula is C63H47NS. The van der Waals surface area contributed by atoms with Gasteiger partial charge in [-0.1, -0.05) is 206 Å². The molecule has 1 nitrogen and oxygen atoms in total. The van der Waals surface area contributed by atoms with Crippen LogP contribution >= 0.6 is 11.3 Å². The van der Waals surface area contributed by atoms with E-state index in [1.165, 1.54) is 97.4 Å². The number of benzene rings is 10. The predicted molar refractivity (Wildman–Crippen MR) is 280 cm³/mol. The average Bonchev–Trinajstić information content (AvgIpc) is 3.77. The van der Waals surface area contributed by atoms with Crippen molar-refractivity contribution >= 4 is 58.6 Å². The van der Waals surface area contributed by atoms with Crippen molar-refractivity contribution in [3.8, 4) is 44.5 Å². The third kappa shape index (κ3) is 7.90. The number of rotatable bonds is 10. The molecule has 0 radical (unpaired) electrons. The van der Waals surface area contributed by atoms with Gasteiger partial charge >= 0.3 is 0 Å². The summed E-state index contributed by atoms with van der Waals surface area (Å²) in [5, 5.41) is 11.8. The lowest BCUT2D eigenvalue weighted by molar-refractivity contribution is 0.529. The van der Waals surface area contributed by atoms with E-state index in [4.69, 9.17) is 0 Å². The first kappa shape index (κ1) is 40.2. The van der Waals surface area contributed by atoms with Crippen LogP contribution < -0.4 is 5.32 Å². The Morgan fingerprint density at radius 3 is 1.78 bits per heavy atom. The molecule has 1 aromatic heterocycles. The summed E-state index contributed by atoms with van der Waals surface area (Å²) < 4.78 is 2.59.